The summed E-state index contributed by atoms with van der Waals surface area (Å²) in [6.07, 6.45) is 1.62. The van der Waals surface area contributed by atoms with Crippen LogP contribution in [0.5, 0.6) is 5.75 Å². The molecule has 0 spiro atoms. The Morgan fingerprint density at radius 1 is 1.07 bits per heavy atom. The van der Waals surface area contributed by atoms with Crippen LogP contribution in [-0.4, -0.2) is 56.3 Å². The first-order valence-corrected chi connectivity index (χ1v) is 15.9. The molecule has 0 aliphatic heterocycles. The Kier molecular flexibility index (Phi) is 11.7. The van der Waals surface area contributed by atoms with Gasteiger partial charge in [0.15, 0.2) is 0 Å². The Morgan fingerprint density at radius 2 is 1.77 bits per heavy atom. The van der Waals surface area contributed by atoms with E-state index in [2.05, 4.69) is 5.32 Å². The molecule has 0 saturated heterocycles. The maximum absolute atomic E-state index is 14.2. The Balaban J connectivity index is 2.14. The number of rotatable bonds is 14. The molecule has 0 bridgehead atoms. The van der Waals surface area contributed by atoms with Crippen LogP contribution in [0.15, 0.2) is 65.6 Å². The Morgan fingerprint density at radius 3 is 2.41 bits per heavy atom. The van der Waals surface area contributed by atoms with E-state index in [1.54, 1.807) is 6.92 Å². The van der Waals surface area contributed by atoms with E-state index in [-0.39, 0.29) is 34.5 Å². The number of sulfonamides is 1. The molecule has 0 heterocycles. The highest BCUT2D eigenvalue weighted by Crippen LogP contribution is 2.36. The van der Waals surface area contributed by atoms with Gasteiger partial charge in [0.05, 0.1) is 22.6 Å². The highest BCUT2D eigenvalue weighted by atomic mass is 35.5. The molecule has 3 aromatic carbocycles. The summed E-state index contributed by atoms with van der Waals surface area (Å²) in [4.78, 5) is 39.2. The second-order valence-electron chi connectivity index (χ2n) is 10.3. The van der Waals surface area contributed by atoms with Gasteiger partial charge < -0.3 is 15.0 Å². The highest BCUT2D eigenvalue weighted by molar-refractivity contribution is 7.92. The number of carbonyl (C=O) groups is 2. The molecule has 1 N–H and O–H groups in total. The van der Waals surface area contributed by atoms with Crippen molar-refractivity contribution in [2.45, 2.75) is 58.0 Å². The van der Waals surface area contributed by atoms with Crippen LogP contribution < -0.4 is 14.4 Å². The highest BCUT2D eigenvalue weighted by Gasteiger charge is 2.35. The van der Waals surface area contributed by atoms with Crippen LogP contribution in [0.3, 0.4) is 0 Å². The minimum atomic E-state index is -4.61. The van der Waals surface area contributed by atoms with E-state index in [1.165, 1.54) is 49.3 Å². The van der Waals surface area contributed by atoms with Crippen LogP contribution in [0, 0.1) is 24.0 Å². The number of amides is 2. The predicted molar refractivity (Wildman–Crippen MR) is 169 cm³/mol. The number of ether oxygens (including phenoxy) is 1. The molecular formula is C31H37ClN4O7S. The van der Waals surface area contributed by atoms with Crippen LogP contribution in [0.25, 0.3) is 0 Å². The van der Waals surface area contributed by atoms with Gasteiger partial charge in [-0.25, -0.2) is 8.42 Å². The van der Waals surface area contributed by atoms with Crippen LogP contribution in [0.1, 0.15) is 43.4 Å². The van der Waals surface area contributed by atoms with Crippen molar-refractivity contribution in [1.82, 2.24) is 10.2 Å². The van der Waals surface area contributed by atoms with E-state index in [4.69, 9.17) is 16.3 Å². The maximum Gasteiger partial charge on any atom is 0.273 e. The molecule has 0 fully saturated rings. The first-order valence-electron chi connectivity index (χ1n) is 14.0. The molecule has 1 unspecified atom stereocenters. The number of methoxy groups -OCH3 is 1. The van der Waals surface area contributed by atoms with Crippen molar-refractivity contribution in [2.24, 2.45) is 0 Å². The largest absolute Gasteiger partial charge is 0.495 e. The lowest BCUT2D eigenvalue weighted by molar-refractivity contribution is -0.385. The van der Waals surface area contributed by atoms with Crippen LogP contribution in [-0.2, 0) is 26.2 Å². The molecule has 11 nitrogen and oxygen atoms in total. The van der Waals surface area contributed by atoms with E-state index in [0.717, 1.165) is 34.3 Å². The summed E-state index contributed by atoms with van der Waals surface area (Å²) in [6, 6.07) is 14.2. The molecule has 3 aromatic rings. The lowest BCUT2D eigenvalue weighted by atomic mass is 10.1. The van der Waals surface area contributed by atoms with E-state index in [0.29, 0.717) is 6.54 Å². The summed E-state index contributed by atoms with van der Waals surface area (Å²) in [5, 5.41) is 14.7. The summed E-state index contributed by atoms with van der Waals surface area (Å²) < 4.78 is 34.6. The predicted octanol–water partition coefficient (Wildman–Crippen LogP) is 5.40. The zero-order valence-electron chi connectivity index (χ0n) is 25.4. The van der Waals surface area contributed by atoms with Gasteiger partial charge in [0.25, 0.3) is 15.7 Å². The average Bonchev–Trinajstić information content (AvgIpc) is 2.98. The smallest absolute Gasteiger partial charge is 0.273 e. The molecule has 0 radical (unpaired) electrons. The molecule has 2 amide bonds. The second kappa shape index (κ2) is 15.0. The van der Waals surface area contributed by atoms with Gasteiger partial charge in [-0.15, -0.1) is 0 Å². The third-order valence-corrected chi connectivity index (χ3v) is 9.24. The van der Waals surface area contributed by atoms with Crippen molar-refractivity contribution in [2.75, 3.05) is 24.5 Å². The van der Waals surface area contributed by atoms with Crippen molar-refractivity contribution < 1.29 is 27.7 Å². The lowest BCUT2D eigenvalue weighted by Gasteiger charge is -2.32. The van der Waals surface area contributed by atoms with E-state index >= 15 is 0 Å². The molecule has 13 heteroatoms. The average molecular weight is 645 g/mol. The molecular weight excluding hydrogens is 608 g/mol. The molecule has 3 rings (SSSR count). The molecule has 0 aliphatic rings. The first-order chi connectivity index (χ1) is 20.8. The van der Waals surface area contributed by atoms with Crippen molar-refractivity contribution in [3.05, 3.63) is 92.5 Å². The minimum Gasteiger partial charge on any atom is -0.495 e. The van der Waals surface area contributed by atoms with E-state index in [9.17, 15) is 28.1 Å². The monoisotopic (exact) mass is 644 g/mol. The molecule has 236 valence electrons. The van der Waals surface area contributed by atoms with Crippen molar-refractivity contribution in [3.63, 3.8) is 0 Å². The second-order valence-corrected chi connectivity index (χ2v) is 12.6. The van der Waals surface area contributed by atoms with Crippen molar-refractivity contribution in [3.8, 4) is 5.75 Å². The quantitative estimate of drug-likeness (QED) is 0.141. The number of aryl methyl sites for hydroxylation is 2. The number of carbonyl (C=O) groups excluding carboxylic acids is 2. The van der Waals surface area contributed by atoms with Gasteiger partial charge in [-0.1, -0.05) is 55.3 Å². The normalized spacial score (nSPS) is 11.9. The van der Waals surface area contributed by atoms with Gasteiger partial charge in [-0.3, -0.25) is 24.0 Å². The number of hydrogen-bond donors (Lipinski definition) is 1. The third-order valence-electron chi connectivity index (χ3n) is 7.25. The summed E-state index contributed by atoms with van der Waals surface area (Å²) in [7, 11) is -3.27. The SMILES string of the molecule is CCCCNC(=O)C(C)N(Cc1ccccc1C)C(=O)CN(c1cc(Cl)ccc1OC)S(=O)(=O)c1ccc(C)c([N+](=O)[O-])c1. The minimum absolute atomic E-state index is 0.0322. The number of halogens is 1. The maximum atomic E-state index is 14.2. The van der Waals surface area contributed by atoms with E-state index < -0.39 is 44.0 Å². The van der Waals surface area contributed by atoms with Crippen molar-refractivity contribution in [1.29, 1.82) is 0 Å². The Hall–Kier alpha value is -4.16. The number of nitrogens with one attached hydrogen (secondary N) is 1. The van der Waals surface area contributed by atoms with Gasteiger partial charge in [0.1, 0.15) is 18.3 Å². The van der Waals surface area contributed by atoms with Crippen molar-refractivity contribution >= 4 is 44.8 Å². The molecule has 0 aliphatic carbocycles. The number of benzene rings is 3. The molecule has 1 atom stereocenters. The van der Waals surface area contributed by atoms with Gasteiger partial charge in [0, 0.05) is 29.7 Å². The Labute approximate surface area is 263 Å². The molecule has 0 aromatic heterocycles. The summed E-state index contributed by atoms with van der Waals surface area (Å²) in [5.74, 6) is -0.967. The number of nitro groups is 1. The van der Waals surface area contributed by atoms with Gasteiger partial charge in [0.2, 0.25) is 11.8 Å². The standard InChI is InChI=1S/C31H37ClN4O7S/c1-6-7-16-33-31(38)23(4)34(19-24-11-9-8-10-21(24)2)30(37)20-35(28-17-25(32)13-15-29(28)43-5)44(41,42)26-14-12-22(3)27(18-26)36(39)40/h8-15,17-18,23H,6-7,16,19-20H2,1-5H3,(H,33,38). The lowest BCUT2D eigenvalue weighted by Crippen LogP contribution is -2.51. The van der Waals surface area contributed by atoms with Crippen LogP contribution in [0.2, 0.25) is 5.02 Å². The van der Waals surface area contributed by atoms with E-state index in [1.807, 2.05) is 38.1 Å². The van der Waals surface area contributed by atoms with Crippen LogP contribution in [0.4, 0.5) is 11.4 Å². The number of anilines is 1. The number of hydrogen-bond acceptors (Lipinski definition) is 7. The number of nitrogens with zero attached hydrogens (tertiary/aromatic N) is 3. The zero-order chi connectivity index (χ0) is 32.6. The summed E-state index contributed by atoms with van der Waals surface area (Å²) in [6.45, 7) is 6.65. The number of nitro benzene ring substituents is 1. The fraction of sp³-hybridized carbons (Fsp3) is 0.355. The first kappa shape index (κ1) is 34.3. The fourth-order valence-corrected chi connectivity index (χ4v) is 6.14. The zero-order valence-corrected chi connectivity index (χ0v) is 26.9. The van der Waals surface area contributed by atoms with Gasteiger partial charge in [-0.2, -0.15) is 0 Å². The molecule has 44 heavy (non-hydrogen) atoms. The molecule has 0 saturated carbocycles. The summed E-state index contributed by atoms with van der Waals surface area (Å²) in [5.41, 5.74) is 1.49. The fourth-order valence-electron chi connectivity index (χ4n) is 4.53. The van der Waals surface area contributed by atoms with Gasteiger partial charge in [-0.05, 0) is 62.6 Å². The third kappa shape index (κ3) is 8.06. The summed E-state index contributed by atoms with van der Waals surface area (Å²) >= 11 is 6.26. The Bertz CT molecular complexity index is 1630. The topological polar surface area (TPSA) is 139 Å². The van der Waals surface area contributed by atoms with Crippen LogP contribution >= 0.6 is 11.6 Å². The number of unbranched alkanes of at least 4 members (excludes halogenated alkanes) is 1. The van der Waals surface area contributed by atoms with Gasteiger partial charge >= 0.3 is 0 Å².